The average Bonchev–Trinajstić information content (AvgIpc) is 2.38. The number of Topliss-reactive ketones (excluding diaryl/α,β-unsaturated/α-hetero) is 1. The molecule has 0 aliphatic heterocycles. The first-order valence-corrected chi connectivity index (χ1v) is 5.74. The molecule has 0 heterocycles. The van der Waals surface area contributed by atoms with Gasteiger partial charge in [-0.1, -0.05) is 18.2 Å². The maximum atomic E-state index is 11.3. The van der Waals surface area contributed by atoms with Crippen molar-refractivity contribution in [2.45, 2.75) is 19.1 Å². The minimum Gasteiger partial charge on any atom is -0.479 e. The highest BCUT2D eigenvalue weighted by Gasteiger charge is 2.20. The lowest BCUT2D eigenvalue weighted by Gasteiger charge is -2.13. The fourth-order valence-electron chi connectivity index (χ4n) is 1.55. The smallest absolute Gasteiger partial charge is 0.337 e. The molecule has 0 aliphatic rings. The molecule has 5 nitrogen and oxygen atoms in total. The molecule has 0 amide bonds. The van der Waals surface area contributed by atoms with Gasteiger partial charge in [-0.05, 0) is 16.7 Å². The van der Waals surface area contributed by atoms with Crippen molar-refractivity contribution in [1.82, 2.24) is 0 Å². The summed E-state index contributed by atoms with van der Waals surface area (Å²) in [5, 5.41) is 27.3. The van der Waals surface area contributed by atoms with Gasteiger partial charge >= 0.3 is 5.97 Å². The standard InChI is InChI=1S/C12H13ClO5/c13-5-9(15)4-8-2-1-7(6-14)3-10(8)11(16)12(17)18/h1-3,11,14,16H,4-6H2,(H,17,18). The van der Waals surface area contributed by atoms with Gasteiger partial charge in [-0.25, -0.2) is 4.79 Å². The van der Waals surface area contributed by atoms with Crippen LogP contribution in [0.25, 0.3) is 0 Å². The molecule has 3 N–H and O–H groups in total. The summed E-state index contributed by atoms with van der Waals surface area (Å²) in [5.74, 6) is -1.86. The van der Waals surface area contributed by atoms with E-state index < -0.39 is 12.1 Å². The van der Waals surface area contributed by atoms with Crippen LogP contribution in [0.3, 0.4) is 0 Å². The monoisotopic (exact) mass is 272 g/mol. The Hall–Kier alpha value is -1.43. The molecule has 1 atom stereocenters. The molecule has 0 fully saturated rings. The fraction of sp³-hybridized carbons (Fsp3) is 0.333. The molecule has 18 heavy (non-hydrogen) atoms. The van der Waals surface area contributed by atoms with Crippen molar-refractivity contribution in [3.8, 4) is 0 Å². The van der Waals surface area contributed by atoms with Crippen LogP contribution < -0.4 is 0 Å². The van der Waals surface area contributed by atoms with Crippen LogP contribution in [0.5, 0.6) is 0 Å². The molecule has 6 heteroatoms. The van der Waals surface area contributed by atoms with Crippen LogP contribution >= 0.6 is 11.6 Å². The van der Waals surface area contributed by atoms with Crippen LogP contribution in [0.1, 0.15) is 22.8 Å². The molecule has 1 unspecified atom stereocenters. The first-order valence-electron chi connectivity index (χ1n) is 5.20. The van der Waals surface area contributed by atoms with Gasteiger partial charge < -0.3 is 15.3 Å². The molecule has 0 radical (unpaired) electrons. The van der Waals surface area contributed by atoms with Gasteiger partial charge in [0.15, 0.2) is 11.9 Å². The minimum absolute atomic E-state index is 0.0467. The van der Waals surface area contributed by atoms with Crippen LogP contribution in [0.4, 0.5) is 0 Å². The fourth-order valence-corrected chi connectivity index (χ4v) is 1.65. The van der Waals surface area contributed by atoms with E-state index in [-0.39, 0.29) is 30.3 Å². The number of rotatable bonds is 6. The zero-order valence-electron chi connectivity index (χ0n) is 9.47. The predicted molar refractivity (Wildman–Crippen MR) is 64.4 cm³/mol. The number of carbonyl (C=O) groups excluding carboxylic acids is 1. The third-order valence-corrected chi connectivity index (χ3v) is 2.76. The number of hydrogen-bond donors (Lipinski definition) is 3. The Morgan fingerprint density at radius 1 is 1.33 bits per heavy atom. The summed E-state index contributed by atoms with van der Waals surface area (Å²) in [7, 11) is 0. The van der Waals surface area contributed by atoms with E-state index in [2.05, 4.69) is 0 Å². The average molecular weight is 273 g/mol. The van der Waals surface area contributed by atoms with Crippen LogP contribution in [0, 0.1) is 0 Å². The molecule has 0 saturated heterocycles. The number of aliphatic hydroxyl groups is 2. The van der Waals surface area contributed by atoms with Crippen molar-refractivity contribution >= 4 is 23.4 Å². The van der Waals surface area contributed by atoms with Gasteiger partial charge in [0.05, 0.1) is 12.5 Å². The molecule has 0 bridgehead atoms. The van der Waals surface area contributed by atoms with Crippen molar-refractivity contribution in [3.63, 3.8) is 0 Å². The largest absolute Gasteiger partial charge is 0.479 e. The molecule has 1 rings (SSSR count). The zero-order valence-corrected chi connectivity index (χ0v) is 10.2. The lowest BCUT2D eigenvalue weighted by Crippen LogP contribution is -2.15. The van der Waals surface area contributed by atoms with E-state index in [0.717, 1.165) is 0 Å². The molecule has 0 aromatic heterocycles. The number of halogens is 1. The third-order valence-electron chi connectivity index (χ3n) is 2.46. The van der Waals surface area contributed by atoms with Crippen molar-refractivity contribution in [1.29, 1.82) is 0 Å². The molecule has 0 aliphatic carbocycles. The molecule has 1 aromatic rings. The highest BCUT2D eigenvalue weighted by Crippen LogP contribution is 2.21. The number of aliphatic carboxylic acids is 1. The number of alkyl halides is 1. The molecule has 0 saturated carbocycles. The molecule has 98 valence electrons. The second kappa shape index (κ2) is 6.49. The second-order valence-electron chi connectivity index (χ2n) is 3.78. The van der Waals surface area contributed by atoms with Crippen molar-refractivity contribution < 1.29 is 24.9 Å². The van der Waals surface area contributed by atoms with E-state index in [1.165, 1.54) is 12.1 Å². The van der Waals surface area contributed by atoms with Gasteiger partial charge in [0.1, 0.15) is 0 Å². The Labute approximate surface area is 109 Å². The number of aliphatic hydroxyl groups excluding tert-OH is 2. The summed E-state index contributed by atoms with van der Waals surface area (Å²) in [5.41, 5.74) is 0.965. The summed E-state index contributed by atoms with van der Waals surface area (Å²) in [6.45, 7) is -0.275. The Bertz CT molecular complexity index is 458. The van der Waals surface area contributed by atoms with Gasteiger partial charge in [-0.2, -0.15) is 0 Å². The number of hydrogen-bond acceptors (Lipinski definition) is 4. The van der Waals surface area contributed by atoms with Crippen molar-refractivity contribution in [2.75, 3.05) is 5.88 Å². The SMILES string of the molecule is O=C(CCl)Cc1ccc(CO)cc1C(O)C(=O)O. The lowest BCUT2D eigenvalue weighted by atomic mass is 9.96. The maximum Gasteiger partial charge on any atom is 0.337 e. The molecule has 0 spiro atoms. The predicted octanol–water partition coefficient (Wildman–Crippen LogP) is 0.647. The summed E-state index contributed by atoms with van der Waals surface area (Å²) in [6, 6.07) is 4.45. The summed E-state index contributed by atoms with van der Waals surface area (Å²) in [4.78, 5) is 22.1. The topological polar surface area (TPSA) is 94.8 Å². The summed E-state index contributed by atoms with van der Waals surface area (Å²) in [6.07, 6.45) is -1.77. The van der Waals surface area contributed by atoms with Gasteiger partial charge in [0.2, 0.25) is 0 Å². The van der Waals surface area contributed by atoms with E-state index in [0.29, 0.717) is 11.1 Å². The zero-order chi connectivity index (χ0) is 13.7. The second-order valence-corrected chi connectivity index (χ2v) is 4.05. The van der Waals surface area contributed by atoms with Gasteiger partial charge in [-0.15, -0.1) is 11.6 Å². The van der Waals surface area contributed by atoms with Crippen LogP contribution in [-0.2, 0) is 22.6 Å². The van der Waals surface area contributed by atoms with Crippen LogP contribution in [-0.4, -0.2) is 33.0 Å². The van der Waals surface area contributed by atoms with Gasteiger partial charge in [-0.3, -0.25) is 4.79 Å². The van der Waals surface area contributed by atoms with Crippen molar-refractivity contribution in [2.24, 2.45) is 0 Å². The van der Waals surface area contributed by atoms with Crippen molar-refractivity contribution in [3.05, 3.63) is 34.9 Å². The Kier molecular flexibility index (Phi) is 5.27. The third kappa shape index (κ3) is 3.53. The normalized spacial score (nSPS) is 12.2. The van der Waals surface area contributed by atoms with E-state index in [1.54, 1.807) is 6.07 Å². The number of carbonyl (C=O) groups is 2. The van der Waals surface area contributed by atoms with E-state index in [4.69, 9.17) is 21.8 Å². The quantitative estimate of drug-likeness (QED) is 0.661. The summed E-state index contributed by atoms with van der Waals surface area (Å²) < 4.78 is 0. The molecular weight excluding hydrogens is 260 g/mol. The first kappa shape index (κ1) is 14.6. The number of benzene rings is 1. The van der Waals surface area contributed by atoms with E-state index in [9.17, 15) is 14.7 Å². The Morgan fingerprint density at radius 2 is 2.00 bits per heavy atom. The summed E-state index contributed by atoms with van der Waals surface area (Å²) >= 11 is 5.39. The van der Waals surface area contributed by atoms with E-state index in [1.807, 2.05) is 0 Å². The maximum absolute atomic E-state index is 11.3. The van der Waals surface area contributed by atoms with Gasteiger partial charge in [0.25, 0.3) is 0 Å². The number of carboxylic acid groups (broad SMARTS) is 1. The number of ketones is 1. The first-order chi connectivity index (χ1) is 8.49. The Morgan fingerprint density at radius 3 is 2.50 bits per heavy atom. The van der Waals surface area contributed by atoms with E-state index >= 15 is 0 Å². The highest BCUT2D eigenvalue weighted by atomic mass is 35.5. The molecular formula is C12H13ClO5. The lowest BCUT2D eigenvalue weighted by molar-refractivity contribution is -0.147. The van der Waals surface area contributed by atoms with Crippen LogP contribution in [0.2, 0.25) is 0 Å². The number of carboxylic acids is 1. The highest BCUT2D eigenvalue weighted by molar-refractivity contribution is 6.27. The Balaban J connectivity index is 3.15. The molecule has 1 aromatic carbocycles. The minimum atomic E-state index is -1.73. The van der Waals surface area contributed by atoms with Crippen LogP contribution in [0.15, 0.2) is 18.2 Å². The van der Waals surface area contributed by atoms with Gasteiger partial charge in [0, 0.05) is 6.42 Å².